The largest absolute Gasteiger partial charge is 0.484 e. The minimum Gasteiger partial charge on any atom is -0.484 e. The minimum atomic E-state index is -0.238. The predicted octanol–water partition coefficient (Wildman–Crippen LogP) is 6.77. The lowest BCUT2D eigenvalue weighted by atomic mass is 9.92. The van der Waals surface area contributed by atoms with Gasteiger partial charge in [-0.2, -0.15) is 0 Å². The van der Waals surface area contributed by atoms with Crippen molar-refractivity contribution in [2.75, 3.05) is 17.2 Å². The Bertz CT molecular complexity index is 1090. The van der Waals surface area contributed by atoms with E-state index in [4.69, 9.17) is 4.74 Å². The van der Waals surface area contributed by atoms with Crippen LogP contribution in [0.25, 0.3) is 0 Å². The van der Waals surface area contributed by atoms with Gasteiger partial charge in [-0.25, -0.2) is 0 Å². The third-order valence-electron chi connectivity index (χ3n) is 5.74. The van der Waals surface area contributed by atoms with E-state index in [1.54, 1.807) is 24.3 Å². The van der Waals surface area contributed by atoms with E-state index in [0.717, 1.165) is 28.9 Å². The zero-order valence-electron chi connectivity index (χ0n) is 20.6. The second kappa shape index (κ2) is 11.5. The van der Waals surface area contributed by atoms with E-state index in [-0.39, 0.29) is 18.4 Å². The molecular formula is C29H34N2O3. The van der Waals surface area contributed by atoms with Gasteiger partial charge in [0.15, 0.2) is 6.61 Å². The molecule has 34 heavy (non-hydrogen) atoms. The van der Waals surface area contributed by atoms with Gasteiger partial charge in [-0.05, 0) is 71.3 Å². The summed E-state index contributed by atoms with van der Waals surface area (Å²) in [5, 5.41) is 5.94. The van der Waals surface area contributed by atoms with Crippen LogP contribution in [0.15, 0.2) is 66.7 Å². The lowest BCUT2D eigenvalue weighted by molar-refractivity contribution is -0.118. The number of nitrogens with one attached hydrogen (secondary N) is 2. The molecule has 3 rings (SSSR count). The Morgan fingerprint density at radius 2 is 1.38 bits per heavy atom. The molecule has 0 aliphatic carbocycles. The van der Waals surface area contributed by atoms with Crippen LogP contribution in [-0.2, 0) is 11.2 Å². The van der Waals surface area contributed by atoms with Crippen molar-refractivity contribution in [3.8, 4) is 5.75 Å². The number of aryl methyl sites for hydroxylation is 1. The molecule has 0 spiro atoms. The first-order chi connectivity index (χ1) is 16.3. The number of para-hydroxylation sites is 1. The van der Waals surface area contributed by atoms with Crippen LogP contribution < -0.4 is 15.4 Å². The Morgan fingerprint density at radius 1 is 0.794 bits per heavy atom. The summed E-state index contributed by atoms with van der Waals surface area (Å²) in [7, 11) is 0. The van der Waals surface area contributed by atoms with Crippen LogP contribution in [0, 0.1) is 0 Å². The van der Waals surface area contributed by atoms with E-state index in [1.807, 2.05) is 30.3 Å². The number of ether oxygens (including phenoxy) is 1. The number of hydrogen-bond donors (Lipinski definition) is 2. The van der Waals surface area contributed by atoms with Crippen LogP contribution in [0.2, 0.25) is 0 Å². The van der Waals surface area contributed by atoms with Crippen molar-refractivity contribution in [3.05, 3.63) is 89.0 Å². The quantitative estimate of drug-likeness (QED) is 0.372. The van der Waals surface area contributed by atoms with Crippen molar-refractivity contribution < 1.29 is 14.3 Å². The molecule has 0 aromatic heterocycles. The van der Waals surface area contributed by atoms with Gasteiger partial charge in [0.05, 0.1) is 0 Å². The fourth-order valence-corrected chi connectivity index (χ4v) is 3.75. The van der Waals surface area contributed by atoms with Crippen LogP contribution >= 0.6 is 0 Å². The maximum absolute atomic E-state index is 13.0. The predicted molar refractivity (Wildman–Crippen MR) is 139 cm³/mol. The zero-order chi connectivity index (χ0) is 24.7. The topological polar surface area (TPSA) is 67.4 Å². The zero-order valence-corrected chi connectivity index (χ0v) is 20.6. The molecule has 3 aromatic rings. The van der Waals surface area contributed by atoms with Gasteiger partial charge in [0.25, 0.3) is 11.8 Å². The minimum absolute atomic E-state index is 0.111. The van der Waals surface area contributed by atoms with Crippen molar-refractivity contribution in [1.29, 1.82) is 0 Å². The van der Waals surface area contributed by atoms with Crippen molar-refractivity contribution in [2.24, 2.45) is 0 Å². The van der Waals surface area contributed by atoms with E-state index < -0.39 is 0 Å². The fraction of sp³-hybridized carbons (Fsp3) is 0.310. The number of amides is 2. The number of benzene rings is 3. The summed E-state index contributed by atoms with van der Waals surface area (Å²) in [6.07, 6.45) is 0.953. The first kappa shape index (κ1) is 25.0. The van der Waals surface area contributed by atoms with Gasteiger partial charge < -0.3 is 15.4 Å². The molecule has 5 heteroatoms. The van der Waals surface area contributed by atoms with Crippen LogP contribution in [0.3, 0.4) is 0 Å². The summed E-state index contributed by atoms with van der Waals surface area (Å²) < 4.78 is 5.60. The second-order valence-corrected chi connectivity index (χ2v) is 8.99. The molecule has 2 N–H and O–H groups in total. The van der Waals surface area contributed by atoms with Crippen LogP contribution in [0.5, 0.6) is 5.75 Å². The molecule has 0 saturated heterocycles. The summed E-state index contributed by atoms with van der Waals surface area (Å²) in [6.45, 7) is 10.5. The monoisotopic (exact) mass is 458 g/mol. The van der Waals surface area contributed by atoms with Crippen molar-refractivity contribution in [1.82, 2.24) is 0 Å². The van der Waals surface area contributed by atoms with E-state index >= 15 is 0 Å². The highest BCUT2D eigenvalue weighted by Gasteiger charge is 2.17. The average Bonchev–Trinajstić information content (AvgIpc) is 2.83. The first-order valence-electron chi connectivity index (χ1n) is 11.8. The highest BCUT2D eigenvalue weighted by atomic mass is 16.5. The van der Waals surface area contributed by atoms with E-state index in [2.05, 4.69) is 57.4 Å². The van der Waals surface area contributed by atoms with E-state index in [0.29, 0.717) is 23.1 Å². The van der Waals surface area contributed by atoms with Gasteiger partial charge >= 0.3 is 0 Å². The van der Waals surface area contributed by atoms with Crippen LogP contribution in [-0.4, -0.2) is 18.4 Å². The molecule has 0 aliphatic heterocycles. The van der Waals surface area contributed by atoms with Gasteiger partial charge in [0.2, 0.25) is 0 Å². The van der Waals surface area contributed by atoms with Crippen molar-refractivity contribution >= 4 is 23.2 Å². The molecule has 5 nitrogen and oxygen atoms in total. The third kappa shape index (κ3) is 6.47. The van der Waals surface area contributed by atoms with E-state index in [1.165, 1.54) is 5.56 Å². The highest BCUT2D eigenvalue weighted by molar-refractivity contribution is 6.05. The first-order valence-corrected chi connectivity index (χ1v) is 11.8. The SMILES string of the molecule is CCc1ccc(NC(=O)COc2ccc(C(=O)Nc3c(C(C)C)cccc3C(C)C)cc2)cc1. The van der Waals surface area contributed by atoms with Gasteiger partial charge in [-0.1, -0.05) is 65.0 Å². The lowest BCUT2D eigenvalue weighted by Gasteiger charge is -2.20. The molecule has 0 atom stereocenters. The lowest BCUT2D eigenvalue weighted by Crippen LogP contribution is -2.20. The second-order valence-electron chi connectivity index (χ2n) is 8.99. The Morgan fingerprint density at radius 3 is 1.91 bits per heavy atom. The Labute approximate surface area is 202 Å². The molecule has 0 bridgehead atoms. The van der Waals surface area contributed by atoms with Crippen molar-refractivity contribution in [2.45, 2.75) is 52.9 Å². The Balaban J connectivity index is 1.61. The summed E-state index contributed by atoms with van der Waals surface area (Å²) >= 11 is 0. The molecule has 0 aliphatic rings. The number of rotatable bonds is 9. The molecule has 0 unspecified atom stereocenters. The van der Waals surface area contributed by atoms with Gasteiger partial charge in [-0.15, -0.1) is 0 Å². The summed E-state index contributed by atoms with van der Waals surface area (Å²) in [5.41, 5.74) is 5.61. The number of carbonyl (C=O) groups excluding carboxylic acids is 2. The number of carbonyl (C=O) groups is 2. The van der Waals surface area contributed by atoms with Crippen LogP contribution in [0.4, 0.5) is 11.4 Å². The normalized spacial score (nSPS) is 10.9. The van der Waals surface area contributed by atoms with Gasteiger partial charge in [-0.3, -0.25) is 9.59 Å². The molecular weight excluding hydrogens is 424 g/mol. The molecule has 178 valence electrons. The van der Waals surface area contributed by atoms with Gasteiger partial charge in [0, 0.05) is 16.9 Å². The van der Waals surface area contributed by atoms with Crippen LogP contribution in [0.1, 0.15) is 73.5 Å². The molecule has 2 amide bonds. The Kier molecular flexibility index (Phi) is 8.47. The third-order valence-corrected chi connectivity index (χ3v) is 5.74. The molecule has 3 aromatic carbocycles. The molecule has 0 radical (unpaired) electrons. The highest BCUT2D eigenvalue weighted by Crippen LogP contribution is 2.32. The van der Waals surface area contributed by atoms with E-state index in [9.17, 15) is 9.59 Å². The smallest absolute Gasteiger partial charge is 0.262 e. The van der Waals surface area contributed by atoms with Crippen molar-refractivity contribution in [3.63, 3.8) is 0 Å². The fourth-order valence-electron chi connectivity index (χ4n) is 3.75. The summed E-state index contributed by atoms with van der Waals surface area (Å²) in [4.78, 5) is 25.2. The number of anilines is 2. The Hall–Kier alpha value is -3.60. The van der Waals surface area contributed by atoms with Gasteiger partial charge in [0.1, 0.15) is 5.75 Å². The molecule has 0 fully saturated rings. The molecule has 0 heterocycles. The summed E-state index contributed by atoms with van der Waals surface area (Å²) in [6, 6.07) is 20.7. The average molecular weight is 459 g/mol. The summed E-state index contributed by atoms with van der Waals surface area (Å²) in [5.74, 6) is 0.701. The molecule has 0 saturated carbocycles. The maximum atomic E-state index is 13.0. The maximum Gasteiger partial charge on any atom is 0.262 e. The number of hydrogen-bond acceptors (Lipinski definition) is 3. The standard InChI is InChI=1S/C29H34N2O3/c1-6-21-10-14-23(15-11-21)30-27(32)18-34-24-16-12-22(13-17-24)29(33)31-28-25(19(2)3)8-7-9-26(28)20(4)5/h7-17,19-20H,6,18H2,1-5H3,(H,30,32)(H,31,33).